The van der Waals surface area contributed by atoms with Gasteiger partial charge in [-0.1, -0.05) is 6.55 Å². The van der Waals surface area contributed by atoms with Gasteiger partial charge in [0.2, 0.25) is 0 Å². The molecule has 32 valence electrons. The molecule has 0 aromatic heterocycles. The first kappa shape index (κ1) is 5.18. The van der Waals surface area contributed by atoms with Crippen LogP contribution < -0.4 is 5.32 Å². The minimum absolute atomic E-state index is 0.303. The molecule has 0 aliphatic rings. The predicted molar refractivity (Wildman–Crippen MR) is 28.3 cm³/mol. The van der Waals surface area contributed by atoms with Crippen molar-refractivity contribution in [3.05, 3.63) is 0 Å². The number of nitrogens with one attached hydrogen (secondary N) is 1. The Morgan fingerprint density at radius 1 is 1.80 bits per heavy atom. The van der Waals surface area contributed by atoms with E-state index in [1.807, 2.05) is 7.05 Å². The molecule has 0 saturated carbocycles. The van der Waals surface area contributed by atoms with Gasteiger partial charge in [-0.3, -0.25) is 0 Å². The summed E-state index contributed by atoms with van der Waals surface area (Å²) in [6.45, 7) is 2.29. The second-order valence-corrected chi connectivity index (χ2v) is 2.60. The Balaban J connectivity index is 2.19. The summed E-state index contributed by atoms with van der Waals surface area (Å²) in [6.07, 6.45) is 1.28. The second-order valence-electron chi connectivity index (χ2n) is 1.10. The van der Waals surface area contributed by atoms with E-state index in [1.54, 1.807) is 0 Å². The van der Waals surface area contributed by atoms with Crippen molar-refractivity contribution in [2.24, 2.45) is 0 Å². The predicted octanol–water partition coefficient (Wildman–Crippen LogP) is -0.620. The first-order chi connectivity index (χ1) is 2.41. The lowest BCUT2D eigenvalue weighted by Crippen LogP contribution is -2.11. The van der Waals surface area contributed by atoms with Crippen molar-refractivity contribution >= 4 is 9.52 Å². The molecule has 0 atom stereocenters. The lowest BCUT2D eigenvalue weighted by atomic mass is 11.3. The maximum absolute atomic E-state index is 3.08. The molecule has 0 aromatic carbocycles. The van der Waals surface area contributed by atoms with Crippen LogP contribution in [0.4, 0.5) is 0 Å². The molecule has 0 unspecified atom stereocenters. The van der Waals surface area contributed by atoms with Gasteiger partial charge in [-0.15, -0.1) is 0 Å². The van der Waals surface area contributed by atoms with E-state index in [2.05, 4.69) is 11.9 Å². The number of hydrogen-bond acceptors (Lipinski definition) is 1. The molecular formula is C3H11NSi. The van der Waals surface area contributed by atoms with E-state index in [9.17, 15) is 0 Å². The van der Waals surface area contributed by atoms with Gasteiger partial charge in [0.15, 0.2) is 0 Å². The summed E-state index contributed by atoms with van der Waals surface area (Å²) in [7, 11) is 2.30. The fourth-order valence-electron chi connectivity index (χ4n) is 0.250. The van der Waals surface area contributed by atoms with Crippen molar-refractivity contribution in [1.29, 1.82) is 0 Å². The van der Waals surface area contributed by atoms with Crippen LogP contribution in [0.3, 0.4) is 0 Å². The van der Waals surface area contributed by atoms with Gasteiger partial charge in [0, 0.05) is 9.52 Å². The highest BCUT2D eigenvalue weighted by atomic mass is 28.2. The van der Waals surface area contributed by atoms with Crippen molar-refractivity contribution in [2.45, 2.75) is 6.55 Å². The van der Waals surface area contributed by atoms with Gasteiger partial charge in [-0.2, -0.15) is 0 Å². The van der Waals surface area contributed by atoms with Crippen LogP contribution in [0.1, 0.15) is 0 Å². The summed E-state index contributed by atoms with van der Waals surface area (Å²) in [5, 5.41) is 3.08. The molecule has 0 aliphatic carbocycles. The molecule has 1 nitrogen and oxygen atoms in total. The largest absolute Gasteiger partial charge is 0.323 e. The van der Waals surface area contributed by atoms with Gasteiger partial charge in [-0.05, 0) is 13.2 Å². The Morgan fingerprint density at radius 2 is 2.40 bits per heavy atom. The fraction of sp³-hybridized carbons (Fsp3) is 1.00. The van der Waals surface area contributed by atoms with Crippen LogP contribution in [0.25, 0.3) is 0 Å². The molecule has 0 saturated heterocycles. The van der Waals surface area contributed by atoms with E-state index in [0.717, 1.165) is 0 Å². The third kappa shape index (κ3) is 4.18. The molecule has 0 bridgehead atoms. The van der Waals surface area contributed by atoms with Crippen molar-refractivity contribution in [2.75, 3.05) is 13.2 Å². The fourth-order valence-corrected chi connectivity index (χ4v) is 0.750. The van der Waals surface area contributed by atoms with Gasteiger partial charge in [-0.25, -0.2) is 0 Å². The van der Waals surface area contributed by atoms with E-state index >= 15 is 0 Å². The smallest absolute Gasteiger partial charge is 0.0334 e. The van der Waals surface area contributed by atoms with Crippen LogP contribution in [-0.2, 0) is 0 Å². The first-order valence-corrected chi connectivity index (χ1v) is 4.47. The average molecular weight is 89.2 g/mol. The Hall–Kier alpha value is 0.177. The summed E-state index contributed by atoms with van der Waals surface area (Å²) < 4.78 is 0. The van der Waals surface area contributed by atoms with Crippen LogP contribution in [-0.4, -0.2) is 22.7 Å². The van der Waals surface area contributed by atoms with Crippen LogP contribution in [0.5, 0.6) is 0 Å². The Morgan fingerprint density at radius 3 is 2.40 bits per heavy atom. The third-order valence-electron chi connectivity index (χ3n) is 0.500. The Labute approximate surface area is 35.6 Å². The summed E-state index contributed by atoms with van der Waals surface area (Å²) in [6, 6.07) is 0. The quantitative estimate of drug-likeness (QED) is 0.445. The highest BCUT2D eigenvalue weighted by Crippen LogP contribution is 1.44. The van der Waals surface area contributed by atoms with E-state index in [0.29, 0.717) is 9.52 Å². The third-order valence-corrected chi connectivity index (χ3v) is 1.50. The lowest BCUT2D eigenvalue weighted by molar-refractivity contribution is 0.968. The van der Waals surface area contributed by atoms with Crippen LogP contribution in [0.2, 0.25) is 6.55 Å². The zero-order valence-corrected chi connectivity index (χ0v) is 5.33. The van der Waals surface area contributed by atoms with Crippen LogP contribution in [0, 0.1) is 0 Å². The highest BCUT2D eigenvalue weighted by molar-refractivity contribution is 6.33. The lowest BCUT2D eigenvalue weighted by Gasteiger charge is -1.83. The molecular weight excluding hydrogens is 78.1 g/mol. The summed E-state index contributed by atoms with van der Waals surface area (Å²) in [5.41, 5.74) is 0. The molecule has 0 spiro atoms. The molecule has 0 amide bonds. The molecule has 0 aromatic rings. The van der Waals surface area contributed by atoms with Crippen molar-refractivity contribution in [3.8, 4) is 0 Å². The standard InChI is InChI=1S/C3H11NSi/c1-4-3-5-2/h4H,3,5H2,1-2H3. The Bertz CT molecular complexity index is 14.4. The van der Waals surface area contributed by atoms with Crippen LogP contribution in [0.15, 0.2) is 0 Å². The molecule has 0 aliphatic heterocycles. The molecule has 0 heterocycles. The van der Waals surface area contributed by atoms with E-state index in [1.165, 1.54) is 6.17 Å². The normalized spacial score (nSPS) is 10.8. The van der Waals surface area contributed by atoms with E-state index < -0.39 is 0 Å². The van der Waals surface area contributed by atoms with Crippen molar-refractivity contribution in [3.63, 3.8) is 0 Å². The van der Waals surface area contributed by atoms with Gasteiger partial charge >= 0.3 is 0 Å². The SMILES string of the molecule is CNC[SiH2]C. The zero-order valence-electron chi connectivity index (χ0n) is 3.91. The minimum Gasteiger partial charge on any atom is -0.323 e. The minimum atomic E-state index is 0.303. The highest BCUT2D eigenvalue weighted by Gasteiger charge is 1.66. The van der Waals surface area contributed by atoms with Gasteiger partial charge < -0.3 is 5.32 Å². The molecule has 0 fully saturated rings. The zero-order chi connectivity index (χ0) is 4.12. The van der Waals surface area contributed by atoms with Gasteiger partial charge in [0.05, 0.1) is 0 Å². The summed E-state index contributed by atoms with van der Waals surface area (Å²) in [4.78, 5) is 0. The molecule has 2 heteroatoms. The maximum Gasteiger partial charge on any atom is 0.0334 e. The topological polar surface area (TPSA) is 12.0 Å². The van der Waals surface area contributed by atoms with Gasteiger partial charge in [0.25, 0.3) is 0 Å². The summed E-state index contributed by atoms with van der Waals surface area (Å²) >= 11 is 0. The first-order valence-electron chi connectivity index (χ1n) is 2.06. The molecule has 5 heavy (non-hydrogen) atoms. The monoisotopic (exact) mass is 89.1 g/mol. The second kappa shape index (κ2) is 4.18. The Kier molecular flexibility index (Phi) is 4.32. The van der Waals surface area contributed by atoms with E-state index in [-0.39, 0.29) is 0 Å². The number of rotatable bonds is 2. The average Bonchev–Trinajstić information content (AvgIpc) is 1.41. The number of hydrogen-bond donors (Lipinski definition) is 1. The molecule has 0 radical (unpaired) electrons. The molecule has 0 rings (SSSR count). The molecule has 1 N–H and O–H groups in total. The summed E-state index contributed by atoms with van der Waals surface area (Å²) in [5.74, 6) is 0. The van der Waals surface area contributed by atoms with Crippen molar-refractivity contribution < 1.29 is 0 Å². The maximum atomic E-state index is 3.08. The van der Waals surface area contributed by atoms with Gasteiger partial charge in [0.1, 0.15) is 0 Å². The van der Waals surface area contributed by atoms with Crippen LogP contribution >= 0.6 is 0 Å². The van der Waals surface area contributed by atoms with E-state index in [4.69, 9.17) is 0 Å². The van der Waals surface area contributed by atoms with Crippen molar-refractivity contribution in [1.82, 2.24) is 5.32 Å².